The molecule has 0 N–H and O–H groups in total. The van der Waals surface area contributed by atoms with Crippen molar-refractivity contribution in [3.63, 3.8) is 0 Å². The van der Waals surface area contributed by atoms with Gasteiger partial charge in [0.05, 0.1) is 0 Å². The van der Waals surface area contributed by atoms with Crippen LogP contribution in [0.2, 0.25) is 19.1 Å². The molecule has 0 saturated heterocycles. The van der Waals surface area contributed by atoms with E-state index in [2.05, 4.69) is 35.9 Å². The minimum absolute atomic E-state index is 0.565. The lowest BCUT2D eigenvalue weighted by Crippen LogP contribution is -2.37. The Morgan fingerprint density at radius 1 is 0.947 bits per heavy atom. The van der Waals surface area contributed by atoms with Crippen molar-refractivity contribution in [3.05, 3.63) is 0 Å². The lowest BCUT2D eigenvalue weighted by molar-refractivity contribution is 0.148. The quantitative estimate of drug-likeness (QED) is 0.271. The van der Waals surface area contributed by atoms with Gasteiger partial charge in [-0.15, -0.1) is 0 Å². The van der Waals surface area contributed by atoms with E-state index in [9.17, 15) is 0 Å². The summed E-state index contributed by atoms with van der Waals surface area (Å²) in [7, 11) is -1.40. The molecule has 0 atom stereocenters. The van der Waals surface area contributed by atoms with Crippen LogP contribution in [0.4, 0.5) is 0 Å². The minimum atomic E-state index is -1.40. The fourth-order valence-corrected chi connectivity index (χ4v) is 5.87. The van der Waals surface area contributed by atoms with E-state index in [1.165, 1.54) is 70.3 Å². The fourth-order valence-electron chi connectivity index (χ4n) is 2.98. The Balaban J connectivity index is 2.09. The molecular weight excluding hydrogens is 316 g/mol. The second kappa shape index (κ2) is 9.57. The molecule has 1 nitrogen and oxygen atoms in total. The van der Waals surface area contributed by atoms with Crippen LogP contribution in [0.25, 0.3) is 0 Å². The predicted octanol–water partition coefficient (Wildman–Crippen LogP) is 6.27. The summed E-state index contributed by atoms with van der Waals surface area (Å²) in [6, 6.07) is 1.35. The van der Waals surface area contributed by atoms with Crippen LogP contribution in [0.3, 0.4) is 0 Å². The zero-order chi connectivity index (χ0) is 14.1. The first-order chi connectivity index (χ1) is 9.03. The molecule has 0 aromatic rings. The first-order valence-electron chi connectivity index (χ1n) is 8.35. The Kier molecular flexibility index (Phi) is 8.92. The van der Waals surface area contributed by atoms with Gasteiger partial charge in [-0.25, -0.2) is 0 Å². The van der Waals surface area contributed by atoms with Gasteiger partial charge in [-0.1, -0.05) is 61.4 Å². The van der Waals surface area contributed by atoms with Crippen molar-refractivity contribution in [3.8, 4) is 0 Å². The second-order valence-electron chi connectivity index (χ2n) is 6.77. The maximum atomic E-state index is 6.47. The van der Waals surface area contributed by atoms with Crippen molar-refractivity contribution < 1.29 is 4.43 Å². The third kappa shape index (κ3) is 8.51. The van der Waals surface area contributed by atoms with Gasteiger partial charge in [0.2, 0.25) is 0 Å². The Bertz CT molecular complexity index is 225. The fraction of sp³-hybridized carbons (Fsp3) is 1.00. The maximum absolute atomic E-state index is 6.47. The maximum Gasteiger partial charge on any atom is 0.187 e. The molecule has 1 fully saturated rings. The van der Waals surface area contributed by atoms with E-state index in [4.69, 9.17) is 4.43 Å². The third-order valence-electron chi connectivity index (χ3n) is 4.22. The lowest BCUT2D eigenvalue weighted by Gasteiger charge is -2.33. The summed E-state index contributed by atoms with van der Waals surface area (Å²) in [5.41, 5.74) is 0. The van der Waals surface area contributed by atoms with Gasteiger partial charge in [-0.2, -0.15) is 0 Å². The Labute approximate surface area is 130 Å². The van der Waals surface area contributed by atoms with E-state index in [0.29, 0.717) is 6.10 Å². The molecule has 1 rings (SSSR count). The number of hydrogen-bond acceptors (Lipinski definition) is 1. The van der Waals surface area contributed by atoms with Gasteiger partial charge >= 0.3 is 0 Å². The lowest BCUT2D eigenvalue weighted by atomic mass is 9.98. The van der Waals surface area contributed by atoms with Crippen LogP contribution in [0.1, 0.15) is 71.1 Å². The molecule has 0 heterocycles. The summed E-state index contributed by atoms with van der Waals surface area (Å²) in [5.74, 6) is 0. The average molecular weight is 349 g/mol. The minimum Gasteiger partial charge on any atom is -0.414 e. The monoisotopic (exact) mass is 348 g/mol. The van der Waals surface area contributed by atoms with E-state index in [-0.39, 0.29) is 0 Å². The van der Waals surface area contributed by atoms with Crippen LogP contribution in [-0.4, -0.2) is 19.2 Å². The molecule has 19 heavy (non-hydrogen) atoms. The van der Waals surface area contributed by atoms with Crippen molar-refractivity contribution >= 4 is 24.2 Å². The molecule has 1 saturated carbocycles. The number of rotatable bonds is 9. The molecule has 114 valence electrons. The standard InChI is InChI=1S/C16H33BrOSi/c1-4-5-6-7-8-9-14-19(2,3)18-16-12-10-15(17)11-13-16/h15-16H,4-14H2,1-3H3. The molecule has 0 spiro atoms. The summed E-state index contributed by atoms with van der Waals surface area (Å²) in [5, 5.41) is 0. The van der Waals surface area contributed by atoms with Gasteiger partial charge in [-0.05, 0) is 44.8 Å². The van der Waals surface area contributed by atoms with Gasteiger partial charge in [0, 0.05) is 10.9 Å². The van der Waals surface area contributed by atoms with Crippen LogP contribution in [0, 0.1) is 0 Å². The average Bonchev–Trinajstić information content (AvgIpc) is 2.36. The first kappa shape index (κ1) is 17.7. The van der Waals surface area contributed by atoms with E-state index in [1.54, 1.807) is 0 Å². The molecule has 0 radical (unpaired) electrons. The molecule has 3 heteroatoms. The highest BCUT2D eigenvalue weighted by Gasteiger charge is 2.28. The third-order valence-corrected chi connectivity index (χ3v) is 7.67. The number of alkyl halides is 1. The zero-order valence-electron chi connectivity index (χ0n) is 13.2. The van der Waals surface area contributed by atoms with Crippen molar-refractivity contribution in [2.45, 2.75) is 101 Å². The van der Waals surface area contributed by atoms with Crippen LogP contribution >= 0.6 is 15.9 Å². The van der Waals surface area contributed by atoms with Crippen molar-refractivity contribution in [2.75, 3.05) is 0 Å². The number of halogens is 1. The van der Waals surface area contributed by atoms with Gasteiger partial charge in [0.1, 0.15) is 0 Å². The van der Waals surface area contributed by atoms with E-state index in [1.807, 2.05) is 0 Å². The van der Waals surface area contributed by atoms with Crippen molar-refractivity contribution in [1.29, 1.82) is 0 Å². The molecule has 0 amide bonds. The highest BCUT2D eigenvalue weighted by molar-refractivity contribution is 9.09. The Morgan fingerprint density at radius 3 is 2.16 bits per heavy atom. The molecule has 0 unspecified atom stereocenters. The second-order valence-corrected chi connectivity index (χ2v) is 12.3. The summed E-state index contributed by atoms with van der Waals surface area (Å²) in [6.45, 7) is 7.12. The Hall–Kier alpha value is 0.657. The molecule has 1 aliphatic rings. The van der Waals surface area contributed by atoms with Crippen LogP contribution in [-0.2, 0) is 4.43 Å². The van der Waals surface area contributed by atoms with Gasteiger partial charge in [-0.3, -0.25) is 0 Å². The van der Waals surface area contributed by atoms with Crippen LogP contribution < -0.4 is 0 Å². The molecule has 0 bridgehead atoms. The first-order valence-corrected chi connectivity index (χ1v) is 12.4. The van der Waals surface area contributed by atoms with Gasteiger partial charge < -0.3 is 4.43 Å². The van der Waals surface area contributed by atoms with E-state index in [0.717, 1.165) is 4.83 Å². The predicted molar refractivity (Wildman–Crippen MR) is 91.7 cm³/mol. The topological polar surface area (TPSA) is 9.23 Å². The molecule has 0 aliphatic heterocycles. The normalized spacial score (nSPS) is 24.6. The summed E-state index contributed by atoms with van der Waals surface area (Å²) in [6.07, 6.45) is 14.1. The summed E-state index contributed by atoms with van der Waals surface area (Å²) < 4.78 is 6.47. The van der Waals surface area contributed by atoms with Gasteiger partial charge in [0.25, 0.3) is 0 Å². The van der Waals surface area contributed by atoms with Crippen molar-refractivity contribution in [1.82, 2.24) is 0 Å². The largest absolute Gasteiger partial charge is 0.414 e. The SMILES string of the molecule is CCCCCCCC[Si](C)(C)OC1CCC(Br)CC1. The molecular formula is C16H33BrOSi. The zero-order valence-corrected chi connectivity index (χ0v) is 15.8. The smallest absolute Gasteiger partial charge is 0.187 e. The number of unbranched alkanes of at least 4 members (excludes halogenated alkanes) is 5. The highest BCUT2D eigenvalue weighted by Crippen LogP contribution is 2.29. The molecule has 1 aliphatic carbocycles. The number of hydrogen-bond donors (Lipinski definition) is 0. The van der Waals surface area contributed by atoms with Crippen LogP contribution in [0.15, 0.2) is 0 Å². The van der Waals surface area contributed by atoms with Gasteiger partial charge in [0.15, 0.2) is 8.32 Å². The molecule has 0 aromatic heterocycles. The Morgan fingerprint density at radius 2 is 1.53 bits per heavy atom. The summed E-state index contributed by atoms with van der Waals surface area (Å²) in [4.78, 5) is 0.746. The van der Waals surface area contributed by atoms with E-state index >= 15 is 0 Å². The van der Waals surface area contributed by atoms with E-state index < -0.39 is 8.32 Å². The highest BCUT2D eigenvalue weighted by atomic mass is 79.9. The van der Waals surface area contributed by atoms with Crippen LogP contribution in [0.5, 0.6) is 0 Å². The summed E-state index contributed by atoms with van der Waals surface area (Å²) >= 11 is 3.72. The molecule has 0 aromatic carbocycles. The van der Waals surface area contributed by atoms with Crippen molar-refractivity contribution in [2.24, 2.45) is 0 Å².